The van der Waals surface area contributed by atoms with Gasteiger partial charge in [-0.25, -0.2) is 4.39 Å². The van der Waals surface area contributed by atoms with E-state index in [9.17, 15) is 9.90 Å². The van der Waals surface area contributed by atoms with Crippen LogP contribution in [0.3, 0.4) is 0 Å². The molecule has 2 aromatic carbocycles. The van der Waals surface area contributed by atoms with Crippen LogP contribution in [0.25, 0.3) is 11.1 Å². The molecule has 6 heteroatoms. The van der Waals surface area contributed by atoms with E-state index in [1.807, 2.05) is 31.1 Å². The zero-order valence-electron chi connectivity index (χ0n) is 20.2. The number of carbonyl (C=O) groups is 2. The molecule has 0 spiro atoms. The van der Waals surface area contributed by atoms with E-state index in [0.717, 1.165) is 55.2 Å². The number of ether oxygens (including phenoxy) is 1. The topological polar surface area (TPSA) is 63.6 Å². The van der Waals surface area contributed by atoms with Crippen molar-refractivity contribution in [2.75, 3.05) is 0 Å². The second kappa shape index (κ2) is 10.9. The number of rotatable bonds is 7. The minimum atomic E-state index is -1.06. The molecular weight excluding hydrogens is 451 g/mol. The molecular formula is C28H35FO4S. The Morgan fingerprint density at radius 2 is 1.88 bits per heavy atom. The van der Waals surface area contributed by atoms with Crippen molar-refractivity contribution >= 4 is 25.4 Å². The molecule has 0 saturated heterocycles. The molecule has 0 unspecified atom stereocenters. The van der Waals surface area contributed by atoms with Gasteiger partial charge in [-0.05, 0) is 86.3 Å². The first kappa shape index (κ1) is 26.3. The number of carboxylic acid groups (broad SMARTS) is 1. The molecule has 3 atom stereocenters. The summed E-state index contributed by atoms with van der Waals surface area (Å²) in [5, 5.41) is 10.1. The first-order valence-corrected chi connectivity index (χ1v) is 12.5. The Morgan fingerprint density at radius 1 is 1.18 bits per heavy atom. The average Bonchev–Trinajstić information content (AvgIpc) is 3.14. The van der Waals surface area contributed by atoms with Crippen LogP contribution in [-0.4, -0.2) is 29.2 Å². The summed E-state index contributed by atoms with van der Waals surface area (Å²) >= 11 is 4.75. The molecule has 0 aliphatic heterocycles. The van der Waals surface area contributed by atoms with Gasteiger partial charge in [0.2, 0.25) is 0 Å². The Balaban J connectivity index is 0.00000158. The summed E-state index contributed by atoms with van der Waals surface area (Å²) in [6.45, 7) is 7.57. The van der Waals surface area contributed by atoms with Crippen molar-refractivity contribution < 1.29 is 23.8 Å². The zero-order chi connectivity index (χ0) is 25.0. The lowest BCUT2D eigenvalue weighted by atomic mass is 9.76. The van der Waals surface area contributed by atoms with Gasteiger partial charge in [0, 0.05) is 10.8 Å². The highest BCUT2D eigenvalue weighted by atomic mass is 32.1. The number of aliphatic carboxylic acids is 1. The summed E-state index contributed by atoms with van der Waals surface area (Å²) in [4.78, 5) is 19.9. The van der Waals surface area contributed by atoms with Gasteiger partial charge in [0.25, 0.3) is 0 Å². The molecule has 0 heterocycles. The number of thiol groups is 1. The molecule has 2 saturated carbocycles. The summed E-state index contributed by atoms with van der Waals surface area (Å²) in [6, 6.07) is 10.8. The third-order valence-corrected chi connectivity index (χ3v) is 8.16. The van der Waals surface area contributed by atoms with E-state index in [1.165, 1.54) is 6.07 Å². The molecule has 4 nitrogen and oxygen atoms in total. The van der Waals surface area contributed by atoms with Gasteiger partial charge < -0.3 is 14.6 Å². The molecule has 4 rings (SSSR count). The minimum absolute atomic E-state index is 0.0558. The van der Waals surface area contributed by atoms with Crippen molar-refractivity contribution in [2.24, 2.45) is 5.92 Å². The molecule has 0 bridgehead atoms. The third kappa shape index (κ3) is 5.17. The Bertz CT molecular complexity index is 1020. The highest BCUT2D eigenvalue weighted by Crippen LogP contribution is 2.46. The van der Waals surface area contributed by atoms with Gasteiger partial charge >= 0.3 is 5.97 Å². The predicted octanol–water partition coefficient (Wildman–Crippen LogP) is 6.80. The molecule has 0 aromatic heterocycles. The van der Waals surface area contributed by atoms with Crippen molar-refractivity contribution in [3.05, 3.63) is 53.3 Å². The van der Waals surface area contributed by atoms with Crippen LogP contribution in [0.15, 0.2) is 36.4 Å². The number of hydrogen-bond acceptors (Lipinski definition) is 4. The van der Waals surface area contributed by atoms with Crippen LogP contribution < -0.4 is 4.74 Å². The number of carbonyl (C=O) groups excluding carboxylic acids is 1. The molecule has 2 aromatic rings. The lowest BCUT2D eigenvalue weighted by molar-refractivity contribution is -0.142. The van der Waals surface area contributed by atoms with E-state index in [1.54, 1.807) is 19.9 Å². The first-order chi connectivity index (χ1) is 16.2. The second-order valence-electron chi connectivity index (χ2n) is 9.92. The molecule has 0 radical (unpaired) electrons. The van der Waals surface area contributed by atoms with Crippen molar-refractivity contribution in [3.63, 3.8) is 0 Å². The Morgan fingerprint density at radius 3 is 2.44 bits per heavy atom. The monoisotopic (exact) mass is 486 g/mol. The summed E-state index contributed by atoms with van der Waals surface area (Å²) in [5.74, 6) is 0.339. The summed E-state index contributed by atoms with van der Waals surface area (Å²) < 4.78 is 21.5. The Hall–Kier alpha value is -2.34. The fraction of sp³-hybridized carbons (Fsp3) is 0.500. The fourth-order valence-electron chi connectivity index (χ4n) is 5.01. The highest BCUT2D eigenvalue weighted by molar-refractivity contribution is 7.81. The minimum Gasteiger partial charge on any atom is -0.490 e. The van der Waals surface area contributed by atoms with E-state index in [2.05, 4.69) is 6.92 Å². The van der Waals surface area contributed by atoms with E-state index >= 15 is 4.39 Å². The van der Waals surface area contributed by atoms with E-state index < -0.39 is 11.4 Å². The second-order valence-corrected chi connectivity index (χ2v) is 10.6. The van der Waals surface area contributed by atoms with Gasteiger partial charge in [0.1, 0.15) is 24.5 Å². The zero-order valence-corrected chi connectivity index (χ0v) is 21.1. The van der Waals surface area contributed by atoms with E-state index in [0.29, 0.717) is 22.5 Å². The molecule has 2 aliphatic carbocycles. The van der Waals surface area contributed by atoms with E-state index in [-0.39, 0.29) is 17.8 Å². The van der Waals surface area contributed by atoms with Crippen molar-refractivity contribution in [1.82, 2.24) is 0 Å². The average molecular weight is 487 g/mol. The van der Waals surface area contributed by atoms with Gasteiger partial charge in [-0.15, -0.1) is 0 Å². The van der Waals surface area contributed by atoms with Crippen LogP contribution in [-0.2, 0) is 15.0 Å². The Kier molecular flexibility index (Phi) is 8.45. The maximum absolute atomic E-state index is 15.0. The van der Waals surface area contributed by atoms with Crippen LogP contribution in [0.2, 0.25) is 0 Å². The lowest BCUT2D eigenvalue weighted by Gasteiger charge is -2.30. The van der Waals surface area contributed by atoms with Crippen LogP contribution in [0.5, 0.6) is 5.75 Å². The van der Waals surface area contributed by atoms with Gasteiger partial charge in [0.05, 0.1) is 5.41 Å². The highest BCUT2D eigenvalue weighted by Gasteiger charge is 2.35. The molecule has 34 heavy (non-hydrogen) atoms. The van der Waals surface area contributed by atoms with Gasteiger partial charge in [-0.3, -0.25) is 4.79 Å². The maximum atomic E-state index is 15.0. The smallest absolute Gasteiger partial charge is 0.313 e. The van der Waals surface area contributed by atoms with Crippen LogP contribution in [0.1, 0.15) is 76.3 Å². The fourth-order valence-corrected chi connectivity index (χ4v) is 5.57. The number of carboxylic acids is 1. The third-order valence-electron chi connectivity index (χ3n) is 7.52. The number of hydrogen-bond donors (Lipinski definition) is 2. The summed E-state index contributed by atoms with van der Waals surface area (Å²) in [7, 11) is 0. The van der Waals surface area contributed by atoms with Crippen molar-refractivity contribution in [1.29, 1.82) is 0 Å². The molecule has 184 valence electrons. The molecule has 1 N–H and O–H groups in total. The SMILES string of the molecule is C=O.CC[C@H]1C[C@H](Oc2ccc(C(C)(C)C(=O)O)cc2-c2cccc(F)c2C2CCC2)C[C@H]1S. The van der Waals surface area contributed by atoms with Crippen LogP contribution >= 0.6 is 12.6 Å². The van der Waals surface area contributed by atoms with E-state index in [4.69, 9.17) is 22.2 Å². The van der Waals surface area contributed by atoms with Gasteiger partial charge in [-0.1, -0.05) is 38.0 Å². The summed E-state index contributed by atoms with van der Waals surface area (Å²) in [5.41, 5.74) is 1.96. The normalized spacial score (nSPS) is 22.4. The molecule has 0 amide bonds. The number of benzene rings is 2. The quantitative estimate of drug-likeness (QED) is 0.422. The van der Waals surface area contributed by atoms with Gasteiger partial charge in [0.15, 0.2) is 0 Å². The van der Waals surface area contributed by atoms with Gasteiger partial charge in [-0.2, -0.15) is 12.6 Å². The molecule has 2 aliphatic rings. The Labute approximate surface area is 207 Å². The number of halogens is 1. The predicted molar refractivity (Wildman–Crippen MR) is 136 cm³/mol. The summed E-state index contributed by atoms with van der Waals surface area (Å²) in [6.07, 6.45) is 6.02. The largest absolute Gasteiger partial charge is 0.490 e. The van der Waals surface area contributed by atoms with Crippen LogP contribution in [0.4, 0.5) is 4.39 Å². The van der Waals surface area contributed by atoms with Crippen LogP contribution in [0, 0.1) is 11.7 Å². The van der Waals surface area contributed by atoms with Crippen molar-refractivity contribution in [3.8, 4) is 16.9 Å². The molecule has 2 fully saturated rings. The lowest BCUT2D eigenvalue weighted by Crippen LogP contribution is -2.28. The standard InChI is InChI=1S/C27H33FO3S.CH2O/c1-4-16-13-19(15-24(16)32)31-23-12-11-18(27(2,3)26(29)30)14-21(23)20-9-6-10-22(28)25(20)17-7-5-8-17;1-2/h6,9-12,14,16-17,19,24,32H,4-5,7-8,13,15H2,1-3H3,(H,29,30);1H2/t16-,19-,24+;/m0./s1. The van der Waals surface area contributed by atoms with Crippen molar-refractivity contribution in [2.45, 2.75) is 82.0 Å². The first-order valence-electron chi connectivity index (χ1n) is 12.0. The maximum Gasteiger partial charge on any atom is 0.313 e.